The quantitative estimate of drug-likeness (QED) is 0.647. The van der Waals surface area contributed by atoms with Crippen LogP contribution in [0.1, 0.15) is 31.7 Å². The number of ether oxygens (including phenoxy) is 2. The minimum absolute atomic E-state index is 0.128. The van der Waals surface area contributed by atoms with E-state index in [4.69, 9.17) is 9.47 Å². The van der Waals surface area contributed by atoms with E-state index in [0.29, 0.717) is 13.0 Å². The van der Waals surface area contributed by atoms with Gasteiger partial charge in [0, 0.05) is 6.54 Å². The predicted molar refractivity (Wildman–Crippen MR) is 86.9 cm³/mol. The van der Waals surface area contributed by atoms with Gasteiger partial charge in [0.1, 0.15) is 5.75 Å². The number of hydrogen-bond acceptors (Lipinski definition) is 4. The molecule has 0 fully saturated rings. The van der Waals surface area contributed by atoms with E-state index >= 15 is 0 Å². The van der Waals surface area contributed by atoms with Crippen LogP contribution >= 0.6 is 0 Å². The van der Waals surface area contributed by atoms with Crippen LogP contribution in [0.5, 0.6) is 5.75 Å². The van der Waals surface area contributed by atoms with E-state index < -0.39 is 6.10 Å². The van der Waals surface area contributed by atoms with Gasteiger partial charge < -0.3 is 14.8 Å². The SMILES string of the molecule is COc1ccc(CNC(=O)[C@H](C)OC(=O)[C@H]2CC=CCC2)cc1. The van der Waals surface area contributed by atoms with Gasteiger partial charge in [0.05, 0.1) is 13.0 Å². The first-order valence-corrected chi connectivity index (χ1v) is 7.86. The van der Waals surface area contributed by atoms with Crippen molar-refractivity contribution in [3.8, 4) is 5.75 Å². The number of methoxy groups -OCH3 is 1. The first kappa shape index (κ1) is 17.1. The van der Waals surface area contributed by atoms with E-state index in [1.807, 2.05) is 30.3 Å². The summed E-state index contributed by atoms with van der Waals surface area (Å²) >= 11 is 0. The molecule has 1 amide bonds. The largest absolute Gasteiger partial charge is 0.497 e. The van der Waals surface area contributed by atoms with E-state index in [1.54, 1.807) is 14.0 Å². The van der Waals surface area contributed by atoms with E-state index in [0.717, 1.165) is 24.2 Å². The van der Waals surface area contributed by atoms with Crippen molar-refractivity contribution in [3.05, 3.63) is 42.0 Å². The number of carbonyl (C=O) groups excluding carboxylic acids is 2. The maximum Gasteiger partial charge on any atom is 0.310 e. The van der Waals surface area contributed by atoms with Crippen LogP contribution in [0.4, 0.5) is 0 Å². The Morgan fingerprint density at radius 3 is 2.61 bits per heavy atom. The summed E-state index contributed by atoms with van der Waals surface area (Å²) in [6, 6.07) is 7.43. The molecule has 1 aliphatic rings. The molecule has 0 unspecified atom stereocenters. The average Bonchev–Trinajstić information content (AvgIpc) is 2.60. The first-order valence-electron chi connectivity index (χ1n) is 7.86. The van der Waals surface area contributed by atoms with Crippen molar-refractivity contribution in [2.45, 2.75) is 38.8 Å². The Bertz CT molecular complexity index is 565. The molecule has 23 heavy (non-hydrogen) atoms. The molecule has 5 nitrogen and oxygen atoms in total. The molecular formula is C18H23NO4. The number of nitrogens with one attached hydrogen (secondary N) is 1. The van der Waals surface area contributed by atoms with E-state index in [1.165, 1.54) is 0 Å². The maximum atomic E-state index is 12.0. The number of benzene rings is 1. The second-order valence-electron chi connectivity index (χ2n) is 5.63. The highest BCUT2D eigenvalue weighted by molar-refractivity contribution is 5.84. The molecule has 0 spiro atoms. The van der Waals surface area contributed by atoms with E-state index in [-0.39, 0.29) is 17.8 Å². The molecule has 0 bridgehead atoms. The molecular weight excluding hydrogens is 294 g/mol. The number of esters is 1. The number of amides is 1. The first-order chi connectivity index (χ1) is 11.1. The van der Waals surface area contributed by atoms with Crippen LogP contribution < -0.4 is 10.1 Å². The molecule has 0 saturated heterocycles. The summed E-state index contributed by atoms with van der Waals surface area (Å²) in [5.74, 6) is 0.0581. The Kier molecular flexibility index (Phi) is 6.20. The highest BCUT2D eigenvalue weighted by Crippen LogP contribution is 2.20. The summed E-state index contributed by atoms with van der Waals surface area (Å²) in [7, 11) is 1.61. The summed E-state index contributed by atoms with van der Waals surface area (Å²) in [5, 5.41) is 2.77. The number of hydrogen-bond donors (Lipinski definition) is 1. The average molecular weight is 317 g/mol. The fourth-order valence-corrected chi connectivity index (χ4v) is 2.41. The number of carbonyl (C=O) groups is 2. The standard InChI is InChI=1S/C18H23NO4/c1-13(23-18(21)15-6-4-3-5-7-15)17(20)19-12-14-8-10-16(22-2)11-9-14/h3-4,8-11,13,15H,5-7,12H2,1-2H3,(H,19,20)/t13-,15-/m0/s1. The van der Waals surface area contributed by atoms with Crippen LogP contribution in [0, 0.1) is 5.92 Å². The Balaban J connectivity index is 1.77. The molecule has 1 aliphatic carbocycles. The lowest BCUT2D eigenvalue weighted by atomic mass is 9.95. The molecule has 1 aromatic rings. The lowest BCUT2D eigenvalue weighted by molar-refractivity contribution is -0.159. The van der Waals surface area contributed by atoms with Crippen molar-refractivity contribution < 1.29 is 19.1 Å². The molecule has 0 aromatic heterocycles. The van der Waals surface area contributed by atoms with E-state index in [9.17, 15) is 9.59 Å². The monoisotopic (exact) mass is 317 g/mol. The van der Waals surface area contributed by atoms with Crippen molar-refractivity contribution in [3.63, 3.8) is 0 Å². The van der Waals surface area contributed by atoms with Gasteiger partial charge in [-0.3, -0.25) is 9.59 Å². The summed E-state index contributed by atoms with van der Waals surface area (Å²) in [6.07, 6.45) is 5.64. The van der Waals surface area contributed by atoms with Crippen molar-refractivity contribution in [2.75, 3.05) is 7.11 Å². The van der Waals surface area contributed by atoms with Crippen molar-refractivity contribution in [1.29, 1.82) is 0 Å². The fraction of sp³-hybridized carbons (Fsp3) is 0.444. The third-order valence-corrected chi connectivity index (χ3v) is 3.89. The molecule has 1 N–H and O–H groups in total. The normalized spacial score (nSPS) is 18.1. The Labute approximate surface area is 136 Å². The molecule has 0 heterocycles. The highest BCUT2D eigenvalue weighted by Gasteiger charge is 2.24. The number of allylic oxidation sites excluding steroid dienone is 2. The van der Waals surface area contributed by atoms with Gasteiger partial charge in [0.15, 0.2) is 6.10 Å². The highest BCUT2D eigenvalue weighted by atomic mass is 16.5. The molecule has 2 rings (SSSR count). The predicted octanol–water partition coefficient (Wildman–Crippen LogP) is 2.60. The van der Waals surface area contributed by atoms with Crippen LogP contribution in [-0.4, -0.2) is 25.1 Å². The molecule has 0 saturated carbocycles. The molecule has 5 heteroatoms. The summed E-state index contributed by atoms with van der Waals surface area (Å²) in [6.45, 7) is 1.98. The van der Waals surface area contributed by atoms with Gasteiger partial charge >= 0.3 is 5.97 Å². The number of rotatable bonds is 6. The summed E-state index contributed by atoms with van der Waals surface area (Å²) in [4.78, 5) is 24.0. The fourth-order valence-electron chi connectivity index (χ4n) is 2.41. The molecule has 2 atom stereocenters. The zero-order chi connectivity index (χ0) is 16.7. The molecule has 124 valence electrons. The van der Waals surface area contributed by atoms with Crippen molar-refractivity contribution >= 4 is 11.9 Å². The van der Waals surface area contributed by atoms with Gasteiger partial charge in [-0.1, -0.05) is 24.3 Å². The Morgan fingerprint density at radius 2 is 2.00 bits per heavy atom. The van der Waals surface area contributed by atoms with Crippen LogP contribution in [0.3, 0.4) is 0 Å². The smallest absolute Gasteiger partial charge is 0.310 e. The van der Waals surface area contributed by atoms with Crippen LogP contribution in [0.25, 0.3) is 0 Å². The molecule has 0 radical (unpaired) electrons. The Morgan fingerprint density at radius 1 is 1.26 bits per heavy atom. The zero-order valence-electron chi connectivity index (χ0n) is 13.6. The molecule has 0 aliphatic heterocycles. The minimum atomic E-state index is -0.786. The van der Waals surface area contributed by atoms with Crippen LogP contribution in [0.2, 0.25) is 0 Å². The van der Waals surface area contributed by atoms with Gasteiger partial charge in [0.25, 0.3) is 5.91 Å². The summed E-state index contributed by atoms with van der Waals surface area (Å²) in [5.41, 5.74) is 0.954. The maximum absolute atomic E-state index is 12.0. The van der Waals surface area contributed by atoms with E-state index in [2.05, 4.69) is 11.4 Å². The topological polar surface area (TPSA) is 64.6 Å². The zero-order valence-corrected chi connectivity index (χ0v) is 13.6. The third-order valence-electron chi connectivity index (χ3n) is 3.89. The van der Waals surface area contributed by atoms with Gasteiger partial charge in [-0.05, 0) is 43.9 Å². The van der Waals surface area contributed by atoms with Crippen LogP contribution in [-0.2, 0) is 20.9 Å². The van der Waals surface area contributed by atoms with Crippen molar-refractivity contribution in [1.82, 2.24) is 5.32 Å². The van der Waals surface area contributed by atoms with Gasteiger partial charge in [-0.25, -0.2) is 0 Å². The minimum Gasteiger partial charge on any atom is -0.497 e. The van der Waals surface area contributed by atoms with Gasteiger partial charge in [-0.15, -0.1) is 0 Å². The lowest BCUT2D eigenvalue weighted by Gasteiger charge is -2.19. The second-order valence-corrected chi connectivity index (χ2v) is 5.63. The van der Waals surface area contributed by atoms with Crippen molar-refractivity contribution in [2.24, 2.45) is 5.92 Å². The second kappa shape index (κ2) is 8.36. The summed E-state index contributed by atoms with van der Waals surface area (Å²) < 4.78 is 10.4. The van der Waals surface area contributed by atoms with Crippen LogP contribution in [0.15, 0.2) is 36.4 Å². The van der Waals surface area contributed by atoms with Gasteiger partial charge in [-0.2, -0.15) is 0 Å². The third kappa shape index (κ3) is 5.13. The molecule has 1 aromatic carbocycles. The lowest BCUT2D eigenvalue weighted by Crippen LogP contribution is -2.36. The Hall–Kier alpha value is -2.30. The van der Waals surface area contributed by atoms with Gasteiger partial charge in [0.2, 0.25) is 0 Å².